The van der Waals surface area contributed by atoms with Crippen molar-refractivity contribution in [1.29, 1.82) is 0 Å². The molecule has 0 bridgehead atoms. The highest BCUT2D eigenvalue weighted by molar-refractivity contribution is 7.92. The molecule has 0 N–H and O–H groups in total. The van der Waals surface area contributed by atoms with E-state index in [9.17, 15) is 8.42 Å². The standard InChI is InChI=1S/C20H24O2S/c21-23(22)19(13-11-17-7-3-1-4-8-17)15-16-20(23)14-12-18-9-5-2-6-10-18/h1-10,19-20H,11-16H2. The summed E-state index contributed by atoms with van der Waals surface area (Å²) in [6, 6.07) is 20.4. The molecule has 3 rings (SSSR count). The van der Waals surface area contributed by atoms with Crippen molar-refractivity contribution in [1.82, 2.24) is 0 Å². The van der Waals surface area contributed by atoms with E-state index in [2.05, 4.69) is 24.3 Å². The monoisotopic (exact) mass is 328 g/mol. The van der Waals surface area contributed by atoms with Gasteiger partial charge >= 0.3 is 0 Å². The molecule has 0 saturated carbocycles. The van der Waals surface area contributed by atoms with E-state index in [1.54, 1.807) is 0 Å². The summed E-state index contributed by atoms with van der Waals surface area (Å²) in [6.45, 7) is 0. The third kappa shape index (κ3) is 4.03. The summed E-state index contributed by atoms with van der Waals surface area (Å²) in [5.41, 5.74) is 2.46. The molecule has 122 valence electrons. The molecule has 1 fully saturated rings. The van der Waals surface area contributed by atoms with Crippen molar-refractivity contribution >= 4 is 9.84 Å². The first-order valence-corrected chi connectivity index (χ1v) is 10.1. The van der Waals surface area contributed by atoms with Crippen LogP contribution in [-0.4, -0.2) is 18.9 Å². The van der Waals surface area contributed by atoms with Crippen LogP contribution in [0.1, 0.15) is 36.8 Å². The zero-order valence-corrected chi connectivity index (χ0v) is 14.2. The van der Waals surface area contributed by atoms with Crippen LogP contribution >= 0.6 is 0 Å². The molecule has 1 aliphatic rings. The second-order valence-electron chi connectivity index (χ2n) is 6.46. The molecule has 0 aliphatic carbocycles. The third-order valence-corrected chi connectivity index (χ3v) is 7.74. The predicted molar refractivity (Wildman–Crippen MR) is 95.3 cm³/mol. The maximum absolute atomic E-state index is 12.7. The van der Waals surface area contributed by atoms with Crippen molar-refractivity contribution in [3.63, 3.8) is 0 Å². The summed E-state index contributed by atoms with van der Waals surface area (Å²) in [5.74, 6) is 0. The Labute approximate surface area is 139 Å². The minimum absolute atomic E-state index is 0.150. The Bertz CT molecular complexity index is 650. The second kappa shape index (κ2) is 7.31. The Morgan fingerprint density at radius 3 is 1.48 bits per heavy atom. The summed E-state index contributed by atoms with van der Waals surface area (Å²) in [7, 11) is -2.97. The lowest BCUT2D eigenvalue weighted by Gasteiger charge is -2.13. The molecule has 1 heterocycles. The van der Waals surface area contributed by atoms with Gasteiger partial charge in [0.2, 0.25) is 0 Å². The summed E-state index contributed by atoms with van der Waals surface area (Å²) in [6.07, 6.45) is 4.89. The number of sulfone groups is 1. The molecule has 2 nitrogen and oxygen atoms in total. The van der Waals surface area contributed by atoms with Gasteiger partial charge in [-0.2, -0.15) is 0 Å². The van der Waals surface area contributed by atoms with Crippen LogP contribution in [0, 0.1) is 0 Å². The summed E-state index contributed by atoms with van der Waals surface area (Å²) >= 11 is 0. The number of rotatable bonds is 6. The van der Waals surface area contributed by atoms with E-state index in [0.717, 1.165) is 38.5 Å². The van der Waals surface area contributed by atoms with Gasteiger partial charge in [0.15, 0.2) is 9.84 Å². The van der Waals surface area contributed by atoms with Crippen molar-refractivity contribution in [2.45, 2.75) is 49.0 Å². The molecule has 2 aromatic carbocycles. The summed E-state index contributed by atoms with van der Waals surface area (Å²) < 4.78 is 25.5. The van der Waals surface area contributed by atoms with Crippen molar-refractivity contribution in [2.75, 3.05) is 0 Å². The zero-order chi connectivity index (χ0) is 16.1. The third-order valence-electron chi connectivity index (χ3n) is 4.94. The average molecular weight is 328 g/mol. The molecule has 0 radical (unpaired) electrons. The van der Waals surface area contributed by atoms with Gasteiger partial charge < -0.3 is 0 Å². The van der Waals surface area contributed by atoms with Gasteiger partial charge in [0, 0.05) is 0 Å². The van der Waals surface area contributed by atoms with Crippen LogP contribution in [0.2, 0.25) is 0 Å². The van der Waals surface area contributed by atoms with Crippen molar-refractivity contribution in [3.05, 3.63) is 71.8 Å². The van der Waals surface area contributed by atoms with Gasteiger partial charge in [-0.3, -0.25) is 0 Å². The molecule has 1 saturated heterocycles. The maximum Gasteiger partial charge on any atom is 0.156 e. The lowest BCUT2D eigenvalue weighted by Crippen LogP contribution is -2.24. The molecule has 1 aliphatic heterocycles. The van der Waals surface area contributed by atoms with Gasteiger partial charge in [-0.1, -0.05) is 60.7 Å². The minimum atomic E-state index is -2.97. The van der Waals surface area contributed by atoms with Crippen LogP contribution in [0.5, 0.6) is 0 Å². The van der Waals surface area contributed by atoms with E-state index in [1.165, 1.54) is 11.1 Å². The topological polar surface area (TPSA) is 34.1 Å². The Morgan fingerprint density at radius 1 is 0.696 bits per heavy atom. The Kier molecular flexibility index (Phi) is 5.16. The summed E-state index contributed by atoms with van der Waals surface area (Å²) in [4.78, 5) is 0. The van der Waals surface area contributed by atoms with Gasteiger partial charge in [-0.25, -0.2) is 8.42 Å². The Hall–Kier alpha value is -1.61. The van der Waals surface area contributed by atoms with E-state index < -0.39 is 9.84 Å². The first-order valence-electron chi connectivity index (χ1n) is 8.47. The van der Waals surface area contributed by atoms with Gasteiger partial charge in [-0.15, -0.1) is 0 Å². The predicted octanol–water partition coefficient (Wildman–Crippen LogP) is 4.20. The molecular weight excluding hydrogens is 304 g/mol. The summed E-state index contributed by atoms with van der Waals surface area (Å²) in [5, 5.41) is -0.299. The molecule has 0 aromatic heterocycles. The van der Waals surface area contributed by atoms with E-state index in [0.29, 0.717) is 0 Å². The highest BCUT2D eigenvalue weighted by Gasteiger charge is 2.39. The molecular formula is C20H24O2S. The molecule has 3 heteroatoms. The number of aryl methyl sites for hydroxylation is 2. The number of benzene rings is 2. The second-order valence-corrected chi connectivity index (χ2v) is 8.97. The van der Waals surface area contributed by atoms with Crippen LogP contribution in [0.4, 0.5) is 0 Å². The maximum atomic E-state index is 12.7. The minimum Gasteiger partial charge on any atom is -0.228 e. The molecule has 0 amide bonds. The molecule has 23 heavy (non-hydrogen) atoms. The first-order chi connectivity index (χ1) is 11.2. The van der Waals surface area contributed by atoms with E-state index in [4.69, 9.17) is 0 Å². The molecule has 2 unspecified atom stereocenters. The fraction of sp³-hybridized carbons (Fsp3) is 0.400. The van der Waals surface area contributed by atoms with E-state index in [1.807, 2.05) is 36.4 Å². The first kappa shape index (κ1) is 16.3. The zero-order valence-electron chi connectivity index (χ0n) is 13.4. The lowest BCUT2D eigenvalue weighted by atomic mass is 10.0. The highest BCUT2D eigenvalue weighted by atomic mass is 32.2. The van der Waals surface area contributed by atoms with Gasteiger partial charge in [0.05, 0.1) is 10.5 Å². The molecule has 0 spiro atoms. The van der Waals surface area contributed by atoms with Crippen molar-refractivity contribution in [2.24, 2.45) is 0 Å². The van der Waals surface area contributed by atoms with Crippen LogP contribution < -0.4 is 0 Å². The van der Waals surface area contributed by atoms with Gasteiger partial charge in [0.1, 0.15) is 0 Å². The van der Waals surface area contributed by atoms with Crippen LogP contribution in [-0.2, 0) is 22.7 Å². The van der Waals surface area contributed by atoms with E-state index in [-0.39, 0.29) is 10.5 Å². The van der Waals surface area contributed by atoms with Gasteiger partial charge in [-0.05, 0) is 49.7 Å². The Balaban J connectivity index is 1.56. The smallest absolute Gasteiger partial charge is 0.156 e. The SMILES string of the molecule is O=S1(=O)C(CCc2ccccc2)CCC1CCc1ccccc1. The van der Waals surface area contributed by atoms with E-state index >= 15 is 0 Å². The number of hydrogen-bond donors (Lipinski definition) is 0. The van der Waals surface area contributed by atoms with Crippen molar-refractivity contribution < 1.29 is 8.42 Å². The molecule has 2 atom stereocenters. The Morgan fingerprint density at radius 2 is 1.09 bits per heavy atom. The van der Waals surface area contributed by atoms with Crippen LogP contribution in [0.15, 0.2) is 60.7 Å². The number of hydrogen-bond acceptors (Lipinski definition) is 2. The quantitative estimate of drug-likeness (QED) is 0.796. The lowest BCUT2D eigenvalue weighted by molar-refractivity contribution is 0.572. The average Bonchev–Trinajstić information content (AvgIpc) is 2.87. The van der Waals surface area contributed by atoms with Crippen LogP contribution in [0.3, 0.4) is 0 Å². The molecule has 2 aromatic rings. The van der Waals surface area contributed by atoms with Crippen LogP contribution in [0.25, 0.3) is 0 Å². The van der Waals surface area contributed by atoms with Crippen molar-refractivity contribution in [3.8, 4) is 0 Å². The highest BCUT2D eigenvalue weighted by Crippen LogP contribution is 2.33. The normalized spacial score (nSPS) is 23.0. The largest absolute Gasteiger partial charge is 0.228 e. The fourth-order valence-corrected chi connectivity index (χ4v) is 5.90. The van der Waals surface area contributed by atoms with Gasteiger partial charge in [0.25, 0.3) is 0 Å². The fourth-order valence-electron chi connectivity index (χ4n) is 3.53.